The molecule has 0 bridgehead atoms. The lowest BCUT2D eigenvalue weighted by molar-refractivity contribution is -0.385. The number of aromatic nitrogens is 2. The molecule has 0 saturated carbocycles. The lowest BCUT2D eigenvalue weighted by Gasteiger charge is -2.10. The molecule has 1 amide bonds. The van der Waals surface area contributed by atoms with Crippen LogP contribution in [0, 0.1) is 10.1 Å². The van der Waals surface area contributed by atoms with Crippen molar-refractivity contribution in [1.29, 1.82) is 0 Å². The van der Waals surface area contributed by atoms with Crippen LogP contribution in [0.1, 0.15) is 23.0 Å². The van der Waals surface area contributed by atoms with Crippen molar-refractivity contribution in [1.82, 2.24) is 15.4 Å². The molecule has 0 aliphatic heterocycles. The van der Waals surface area contributed by atoms with Crippen molar-refractivity contribution in [3.63, 3.8) is 0 Å². The molecule has 3 rings (SSSR count). The van der Waals surface area contributed by atoms with Crippen LogP contribution in [0.5, 0.6) is 11.5 Å². The van der Waals surface area contributed by atoms with Gasteiger partial charge in [-0.1, -0.05) is 30.3 Å². The highest BCUT2D eigenvalue weighted by molar-refractivity contribution is 5.94. The zero-order valence-corrected chi connectivity index (χ0v) is 17.2. The molecule has 32 heavy (non-hydrogen) atoms. The molecule has 164 valence electrons. The number of aromatic amines is 1. The summed E-state index contributed by atoms with van der Waals surface area (Å²) in [6.07, 6.45) is 1.21. The van der Waals surface area contributed by atoms with Crippen LogP contribution in [0.4, 0.5) is 5.69 Å². The van der Waals surface area contributed by atoms with Crippen LogP contribution < -0.4 is 20.6 Å². The van der Waals surface area contributed by atoms with Gasteiger partial charge in [0.05, 0.1) is 30.5 Å². The zero-order chi connectivity index (χ0) is 23.1. The topological polar surface area (TPSA) is 149 Å². The molecule has 2 N–H and O–H groups in total. The summed E-state index contributed by atoms with van der Waals surface area (Å²) in [7, 11) is 1.30. The fraction of sp³-hybridized carbons (Fsp3) is 0.143. The summed E-state index contributed by atoms with van der Waals surface area (Å²) >= 11 is 0. The smallest absolute Gasteiger partial charge is 0.346 e. The van der Waals surface area contributed by atoms with Crippen molar-refractivity contribution < 1.29 is 19.2 Å². The van der Waals surface area contributed by atoms with Crippen LogP contribution in [0.3, 0.4) is 0 Å². The van der Waals surface area contributed by atoms with Gasteiger partial charge in [-0.2, -0.15) is 10.1 Å². The molecule has 11 heteroatoms. The van der Waals surface area contributed by atoms with Crippen molar-refractivity contribution in [2.24, 2.45) is 5.10 Å². The number of nitrogens with zero attached hydrogens (tertiary/aromatic N) is 3. The molecule has 0 radical (unpaired) electrons. The summed E-state index contributed by atoms with van der Waals surface area (Å²) in [5.41, 5.74) is 2.53. The Morgan fingerprint density at radius 2 is 2.03 bits per heavy atom. The van der Waals surface area contributed by atoms with Gasteiger partial charge in [-0.25, -0.2) is 10.2 Å². The van der Waals surface area contributed by atoms with E-state index >= 15 is 0 Å². The number of ether oxygens (including phenoxy) is 2. The van der Waals surface area contributed by atoms with E-state index in [4.69, 9.17) is 9.47 Å². The minimum absolute atomic E-state index is 0.0131. The van der Waals surface area contributed by atoms with E-state index in [-0.39, 0.29) is 29.5 Å². The van der Waals surface area contributed by atoms with E-state index in [9.17, 15) is 19.7 Å². The quantitative estimate of drug-likeness (QED) is 0.312. The number of methoxy groups -OCH3 is 1. The molecule has 1 heterocycles. The third-order valence-electron chi connectivity index (χ3n) is 4.20. The van der Waals surface area contributed by atoms with Crippen LogP contribution in [-0.2, 0) is 0 Å². The second kappa shape index (κ2) is 9.98. The van der Waals surface area contributed by atoms with E-state index in [0.29, 0.717) is 16.8 Å². The molecule has 1 aromatic heterocycles. The molecular formula is C21H19N5O6. The van der Waals surface area contributed by atoms with Crippen molar-refractivity contribution in [3.05, 3.63) is 80.4 Å². The van der Waals surface area contributed by atoms with Gasteiger partial charge in [0.2, 0.25) is 5.75 Å². The van der Waals surface area contributed by atoms with Gasteiger partial charge in [-0.3, -0.25) is 14.9 Å². The second-order valence-corrected chi connectivity index (χ2v) is 6.31. The number of hydrogen-bond acceptors (Lipinski definition) is 8. The monoisotopic (exact) mass is 437 g/mol. The van der Waals surface area contributed by atoms with Crippen molar-refractivity contribution in [2.75, 3.05) is 13.7 Å². The number of carbonyl (C=O) groups is 1. The van der Waals surface area contributed by atoms with Gasteiger partial charge in [0.25, 0.3) is 5.91 Å². The number of nitro groups is 1. The first-order valence-electron chi connectivity index (χ1n) is 9.42. The molecule has 0 fully saturated rings. The number of amides is 1. The summed E-state index contributed by atoms with van der Waals surface area (Å²) in [5.74, 6) is -0.533. The number of H-pyrrole nitrogens is 1. The van der Waals surface area contributed by atoms with E-state index in [1.165, 1.54) is 31.5 Å². The van der Waals surface area contributed by atoms with Gasteiger partial charge in [-0.05, 0) is 19.1 Å². The normalized spacial score (nSPS) is 10.7. The fourth-order valence-corrected chi connectivity index (χ4v) is 2.85. The van der Waals surface area contributed by atoms with Crippen LogP contribution in [-0.4, -0.2) is 40.7 Å². The first-order valence-corrected chi connectivity index (χ1v) is 9.42. The number of benzene rings is 2. The maximum absolute atomic E-state index is 12.4. The fourth-order valence-electron chi connectivity index (χ4n) is 2.85. The molecule has 0 aliphatic rings. The van der Waals surface area contributed by atoms with E-state index in [0.717, 1.165) is 0 Å². The average molecular weight is 437 g/mol. The highest BCUT2D eigenvalue weighted by Gasteiger charge is 2.21. The number of rotatable bonds is 8. The molecule has 0 atom stereocenters. The van der Waals surface area contributed by atoms with Gasteiger partial charge in [0.15, 0.2) is 5.75 Å². The summed E-state index contributed by atoms with van der Waals surface area (Å²) < 4.78 is 10.5. The van der Waals surface area contributed by atoms with Gasteiger partial charge in [-0.15, -0.1) is 0 Å². The Morgan fingerprint density at radius 3 is 2.69 bits per heavy atom. The first kappa shape index (κ1) is 22.2. The van der Waals surface area contributed by atoms with Crippen molar-refractivity contribution in [2.45, 2.75) is 6.92 Å². The first-order chi connectivity index (χ1) is 15.4. The second-order valence-electron chi connectivity index (χ2n) is 6.31. The highest BCUT2D eigenvalue weighted by Crippen LogP contribution is 2.37. The van der Waals surface area contributed by atoms with E-state index in [1.807, 2.05) is 6.07 Å². The van der Waals surface area contributed by atoms with Crippen molar-refractivity contribution in [3.8, 4) is 22.8 Å². The van der Waals surface area contributed by atoms with Crippen molar-refractivity contribution >= 4 is 17.8 Å². The van der Waals surface area contributed by atoms with Gasteiger partial charge in [0.1, 0.15) is 5.69 Å². The Bertz CT molecular complexity index is 1220. The maximum Gasteiger partial charge on any atom is 0.346 e. The third kappa shape index (κ3) is 5.14. The predicted molar refractivity (Wildman–Crippen MR) is 116 cm³/mol. The molecule has 0 saturated heterocycles. The van der Waals surface area contributed by atoms with E-state index in [1.54, 1.807) is 31.2 Å². The SMILES string of the molecule is CCOc1cc(/C=N/NC(=O)c2cc(-c3ccccc3)nc(=O)[nH]2)cc([N+](=O)[O-])c1OC. The number of hydrazone groups is 1. The number of hydrogen-bond donors (Lipinski definition) is 2. The van der Waals surface area contributed by atoms with Crippen LogP contribution >= 0.6 is 0 Å². The largest absolute Gasteiger partial charge is 0.490 e. The summed E-state index contributed by atoms with van der Waals surface area (Å²) in [6, 6.07) is 13.1. The third-order valence-corrected chi connectivity index (χ3v) is 4.20. The van der Waals surface area contributed by atoms with Gasteiger partial charge >= 0.3 is 11.4 Å². The molecule has 2 aromatic carbocycles. The molecule has 11 nitrogen and oxygen atoms in total. The molecular weight excluding hydrogens is 418 g/mol. The van der Waals surface area contributed by atoms with E-state index in [2.05, 4.69) is 20.5 Å². The van der Waals surface area contributed by atoms with Gasteiger partial charge < -0.3 is 14.5 Å². The average Bonchev–Trinajstić information content (AvgIpc) is 2.79. The molecule has 0 aliphatic carbocycles. The number of carbonyl (C=O) groups excluding carboxylic acids is 1. The maximum atomic E-state index is 12.4. The lowest BCUT2D eigenvalue weighted by atomic mass is 10.1. The summed E-state index contributed by atoms with van der Waals surface area (Å²) in [6.45, 7) is 2.00. The molecule has 3 aromatic rings. The minimum atomic E-state index is -0.689. The van der Waals surface area contributed by atoms with Crippen LogP contribution in [0.2, 0.25) is 0 Å². The Kier molecular flexibility index (Phi) is 6.91. The summed E-state index contributed by atoms with van der Waals surface area (Å²) in [5, 5.41) is 15.2. The molecule has 0 unspecified atom stereocenters. The minimum Gasteiger partial charge on any atom is -0.490 e. The standard InChI is InChI=1S/C21H19N5O6/c1-3-32-18-10-13(9-17(26(29)30)19(18)31-2)12-22-25-20(27)16-11-15(23-21(28)24-16)14-7-5-4-6-8-14/h4-12H,3H2,1-2H3,(H,25,27)(H,23,24,28)/b22-12+. The van der Waals surface area contributed by atoms with Crippen LogP contribution in [0.15, 0.2) is 58.4 Å². The Hall–Kier alpha value is -4.54. The van der Waals surface area contributed by atoms with E-state index < -0.39 is 16.5 Å². The van der Waals surface area contributed by atoms with Gasteiger partial charge in [0, 0.05) is 17.2 Å². The summed E-state index contributed by atoms with van der Waals surface area (Å²) in [4.78, 5) is 41.3. The lowest BCUT2D eigenvalue weighted by Crippen LogP contribution is -2.24. The number of nitro benzene ring substituents is 1. The Balaban J connectivity index is 1.83. The predicted octanol–water partition coefficient (Wildman–Crippen LogP) is 2.52. The molecule has 0 spiro atoms. The number of nitrogens with one attached hydrogen (secondary N) is 2. The Labute approximate surface area is 181 Å². The highest BCUT2D eigenvalue weighted by atomic mass is 16.6. The zero-order valence-electron chi connectivity index (χ0n) is 17.2. The Morgan fingerprint density at radius 1 is 1.28 bits per heavy atom. The van der Waals surface area contributed by atoms with Crippen LogP contribution in [0.25, 0.3) is 11.3 Å².